The van der Waals surface area contributed by atoms with Crippen LogP contribution in [0.2, 0.25) is 0 Å². The average molecular weight is 344 g/mol. The number of anilines is 2. The van der Waals surface area contributed by atoms with E-state index in [1.54, 1.807) is 38.2 Å². The second kappa shape index (κ2) is 8.09. The highest BCUT2D eigenvalue weighted by Crippen LogP contribution is 2.16. The molecule has 0 unspecified atom stereocenters. The molecule has 2 aromatic rings. The van der Waals surface area contributed by atoms with Gasteiger partial charge in [0.2, 0.25) is 11.8 Å². The van der Waals surface area contributed by atoms with Gasteiger partial charge in [-0.05, 0) is 24.6 Å². The van der Waals surface area contributed by atoms with Crippen LogP contribution in [0.25, 0.3) is 0 Å². The SMILES string of the molecule is CCOC(=O)c1cnn(C)c1NC(=O)Cc1ccc(NC(C)=O)cc1. The summed E-state index contributed by atoms with van der Waals surface area (Å²) in [6.07, 6.45) is 1.48. The number of carbonyl (C=O) groups excluding carboxylic acids is 3. The lowest BCUT2D eigenvalue weighted by atomic mass is 10.1. The Hall–Kier alpha value is -3.16. The van der Waals surface area contributed by atoms with E-state index in [1.807, 2.05) is 0 Å². The van der Waals surface area contributed by atoms with Gasteiger partial charge in [0.25, 0.3) is 0 Å². The van der Waals surface area contributed by atoms with Crippen molar-refractivity contribution >= 4 is 29.3 Å². The molecule has 0 radical (unpaired) electrons. The number of nitrogens with zero attached hydrogens (tertiary/aromatic N) is 2. The predicted molar refractivity (Wildman–Crippen MR) is 92.2 cm³/mol. The lowest BCUT2D eigenvalue weighted by Gasteiger charge is -2.09. The number of nitrogens with one attached hydrogen (secondary N) is 2. The maximum atomic E-state index is 12.3. The highest BCUT2D eigenvalue weighted by Gasteiger charge is 2.19. The van der Waals surface area contributed by atoms with Crippen molar-refractivity contribution in [2.75, 3.05) is 17.2 Å². The normalized spacial score (nSPS) is 10.2. The van der Waals surface area contributed by atoms with Gasteiger partial charge in [-0.1, -0.05) is 12.1 Å². The number of aromatic nitrogens is 2. The van der Waals surface area contributed by atoms with Crippen LogP contribution in [-0.2, 0) is 27.8 Å². The number of esters is 1. The number of benzene rings is 1. The van der Waals surface area contributed by atoms with E-state index in [4.69, 9.17) is 4.74 Å². The first kappa shape index (κ1) is 18.2. The Kier molecular flexibility index (Phi) is 5.89. The van der Waals surface area contributed by atoms with Crippen LogP contribution in [0.3, 0.4) is 0 Å². The van der Waals surface area contributed by atoms with Crippen LogP contribution in [-0.4, -0.2) is 34.2 Å². The summed E-state index contributed by atoms with van der Waals surface area (Å²) in [4.78, 5) is 35.1. The van der Waals surface area contributed by atoms with E-state index in [9.17, 15) is 14.4 Å². The Bertz CT molecular complexity index is 780. The van der Waals surface area contributed by atoms with Gasteiger partial charge in [-0.2, -0.15) is 5.10 Å². The number of rotatable bonds is 6. The first-order valence-corrected chi connectivity index (χ1v) is 7.76. The summed E-state index contributed by atoms with van der Waals surface area (Å²) < 4.78 is 6.36. The van der Waals surface area contributed by atoms with Gasteiger partial charge in [0.05, 0.1) is 19.2 Å². The maximum Gasteiger partial charge on any atom is 0.343 e. The van der Waals surface area contributed by atoms with Crippen LogP contribution < -0.4 is 10.6 Å². The number of hydrogen-bond acceptors (Lipinski definition) is 5. The van der Waals surface area contributed by atoms with Crippen LogP contribution in [0, 0.1) is 0 Å². The summed E-state index contributed by atoms with van der Waals surface area (Å²) in [6, 6.07) is 6.94. The van der Waals surface area contributed by atoms with Crippen molar-refractivity contribution in [1.82, 2.24) is 9.78 Å². The molecule has 8 nitrogen and oxygen atoms in total. The smallest absolute Gasteiger partial charge is 0.343 e. The van der Waals surface area contributed by atoms with E-state index in [2.05, 4.69) is 15.7 Å². The minimum Gasteiger partial charge on any atom is -0.462 e. The van der Waals surface area contributed by atoms with Crippen LogP contribution in [0.5, 0.6) is 0 Å². The minimum absolute atomic E-state index is 0.119. The molecule has 2 amide bonds. The monoisotopic (exact) mass is 344 g/mol. The third kappa shape index (κ3) is 4.90. The van der Waals surface area contributed by atoms with Gasteiger partial charge < -0.3 is 15.4 Å². The van der Waals surface area contributed by atoms with E-state index in [1.165, 1.54) is 17.8 Å². The van der Waals surface area contributed by atoms with Crippen LogP contribution in [0.15, 0.2) is 30.5 Å². The number of ether oxygens (including phenoxy) is 1. The molecule has 0 saturated carbocycles. The molecule has 132 valence electrons. The van der Waals surface area contributed by atoms with Gasteiger partial charge in [0.1, 0.15) is 11.4 Å². The standard InChI is InChI=1S/C17H20N4O4/c1-4-25-17(24)14-10-18-21(3)16(14)20-15(23)9-12-5-7-13(8-6-12)19-11(2)22/h5-8,10H,4,9H2,1-3H3,(H,19,22)(H,20,23). The van der Waals surface area contributed by atoms with Gasteiger partial charge in [-0.25, -0.2) is 4.79 Å². The molecule has 0 aliphatic carbocycles. The summed E-state index contributed by atoms with van der Waals surface area (Å²) >= 11 is 0. The summed E-state index contributed by atoms with van der Waals surface area (Å²) in [7, 11) is 1.63. The van der Waals surface area contributed by atoms with E-state index >= 15 is 0 Å². The van der Waals surface area contributed by atoms with Crippen molar-refractivity contribution < 1.29 is 19.1 Å². The molecule has 1 heterocycles. The molecule has 0 atom stereocenters. The lowest BCUT2D eigenvalue weighted by Crippen LogP contribution is -2.19. The van der Waals surface area contributed by atoms with Gasteiger partial charge in [0.15, 0.2) is 0 Å². The molecule has 0 spiro atoms. The van der Waals surface area contributed by atoms with Gasteiger partial charge in [-0.15, -0.1) is 0 Å². The molecule has 1 aromatic carbocycles. The molecule has 8 heteroatoms. The number of hydrogen-bond donors (Lipinski definition) is 2. The van der Waals surface area contributed by atoms with Gasteiger partial charge in [0, 0.05) is 19.7 Å². The molecule has 0 aliphatic rings. The van der Waals surface area contributed by atoms with Crippen molar-refractivity contribution in [3.63, 3.8) is 0 Å². The Balaban J connectivity index is 2.04. The number of aryl methyl sites for hydroxylation is 1. The highest BCUT2D eigenvalue weighted by atomic mass is 16.5. The quantitative estimate of drug-likeness (QED) is 0.777. The first-order valence-electron chi connectivity index (χ1n) is 7.76. The fourth-order valence-electron chi connectivity index (χ4n) is 2.21. The first-order chi connectivity index (χ1) is 11.9. The molecule has 2 N–H and O–H groups in total. The predicted octanol–water partition coefficient (Wildman–Crippen LogP) is 1.74. The molecular formula is C17H20N4O4. The fraction of sp³-hybridized carbons (Fsp3) is 0.294. The van der Waals surface area contributed by atoms with E-state index in [-0.39, 0.29) is 30.4 Å². The fourth-order valence-corrected chi connectivity index (χ4v) is 2.21. The maximum absolute atomic E-state index is 12.3. The summed E-state index contributed by atoms with van der Waals surface area (Å²) in [5.74, 6) is -0.696. The minimum atomic E-state index is -0.537. The Morgan fingerprint density at radius 3 is 2.44 bits per heavy atom. The molecule has 2 rings (SSSR count). The molecule has 0 aliphatic heterocycles. The third-order valence-corrected chi connectivity index (χ3v) is 3.33. The Morgan fingerprint density at radius 2 is 1.84 bits per heavy atom. The second-order valence-corrected chi connectivity index (χ2v) is 5.35. The van der Waals surface area contributed by atoms with Crippen LogP contribution in [0.4, 0.5) is 11.5 Å². The summed E-state index contributed by atoms with van der Waals surface area (Å²) in [5, 5.41) is 9.32. The van der Waals surface area contributed by atoms with Gasteiger partial charge in [-0.3, -0.25) is 14.3 Å². The van der Waals surface area contributed by atoms with Crippen molar-refractivity contribution in [3.8, 4) is 0 Å². The van der Waals surface area contributed by atoms with Crippen LogP contribution >= 0.6 is 0 Å². The lowest BCUT2D eigenvalue weighted by molar-refractivity contribution is -0.116. The largest absolute Gasteiger partial charge is 0.462 e. The van der Waals surface area contributed by atoms with Crippen molar-refractivity contribution in [2.45, 2.75) is 20.3 Å². The summed E-state index contributed by atoms with van der Waals surface area (Å²) in [6.45, 7) is 3.37. The number of carbonyl (C=O) groups is 3. The average Bonchev–Trinajstić information content (AvgIpc) is 2.90. The molecule has 0 fully saturated rings. The van der Waals surface area contributed by atoms with E-state index < -0.39 is 5.97 Å². The zero-order valence-corrected chi connectivity index (χ0v) is 14.3. The van der Waals surface area contributed by atoms with Crippen LogP contribution in [0.1, 0.15) is 29.8 Å². The van der Waals surface area contributed by atoms with E-state index in [0.29, 0.717) is 11.5 Å². The molecule has 0 saturated heterocycles. The Labute approximate surface area is 145 Å². The Morgan fingerprint density at radius 1 is 1.16 bits per heavy atom. The molecule has 0 bridgehead atoms. The second-order valence-electron chi connectivity index (χ2n) is 5.35. The zero-order valence-electron chi connectivity index (χ0n) is 14.3. The summed E-state index contributed by atoms with van der Waals surface area (Å²) in [5.41, 5.74) is 1.64. The molecule has 1 aromatic heterocycles. The zero-order chi connectivity index (χ0) is 18.4. The van der Waals surface area contributed by atoms with Gasteiger partial charge >= 0.3 is 5.97 Å². The topological polar surface area (TPSA) is 102 Å². The third-order valence-electron chi connectivity index (χ3n) is 3.33. The van der Waals surface area contributed by atoms with E-state index in [0.717, 1.165) is 5.56 Å². The molecular weight excluding hydrogens is 324 g/mol. The number of amides is 2. The van der Waals surface area contributed by atoms with Crippen molar-refractivity contribution in [1.29, 1.82) is 0 Å². The van der Waals surface area contributed by atoms with Crippen molar-refractivity contribution in [2.24, 2.45) is 7.05 Å². The van der Waals surface area contributed by atoms with Crippen molar-refractivity contribution in [3.05, 3.63) is 41.6 Å². The highest BCUT2D eigenvalue weighted by molar-refractivity contribution is 6.00. The molecule has 25 heavy (non-hydrogen) atoms.